The van der Waals surface area contributed by atoms with Crippen molar-refractivity contribution in [1.29, 1.82) is 0 Å². The number of aromatic hydroxyl groups is 1. The molecule has 1 aliphatic heterocycles. The minimum Gasteiger partial charge on any atom is -0.504 e. The van der Waals surface area contributed by atoms with Crippen LogP contribution in [-0.4, -0.2) is 37.2 Å². The van der Waals surface area contributed by atoms with Crippen LogP contribution in [0, 0.1) is 0 Å². The molecule has 3 aliphatic rings. The molecule has 2 atom stereocenters. The molecule has 9 nitrogen and oxygen atoms in total. The molecule has 2 heterocycles. The lowest BCUT2D eigenvalue weighted by molar-refractivity contribution is -0.116. The van der Waals surface area contributed by atoms with E-state index in [9.17, 15) is 24.3 Å². The van der Waals surface area contributed by atoms with Gasteiger partial charge in [-0.1, -0.05) is 18.2 Å². The Hall–Kier alpha value is -3.88. The highest BCUT2D eigenvalue weighted by atomic mass is 16.5. The molecule has 1 N–H and O–H groups in total. The predicted molar refractivity (Wildman–Crippen MR) is 118 cm³/mol. The van der Waals surface area contributed by atoms with Crippen LogP contribution in [0.1, 0.15) is 37.8 Å². The minimum atomic E-state index is -0.754. The lowest BCUT2D eigenvalue weighted by atomic mass is 9.67. The van der Waals surface area contributed by atoms with Crippen LogP contribution in [0.5, 0.6) is 11.5 Å². The summed E-state index contributed by atoms with van der Waals surface area (Å²) in [5.41, 5.74) is 1.11. The van der Waals surface area contributed by atoms with Crippen LogP contribution in [0.15, 0.2) is 62.2 Å². The van der Waals surface area contributed by atoms with E-state index >= 15 is 0 Å². The first kappa shape index (κ1) is 21.0. The van der Waals surface area contributed by atoms with Gasteiger partial charge in [0.15, 0.2) is 23.1 Å². The van der Waals surface area contributed by atoms with E-state index in [1.165, 1.54) is 22.5 Å². The fourth-order valence-corrected chi connectivity index (χ4v) is 5.14. The maximum absolute atomic E-state index is 13.3. The number of fused-ring (bicyclic) bond motifs is 3. The largest absolute Gasteiger partial charge is 0.504 e. The molecule has 1 aromatic carbocycles. The number of ether oxygens (including phenoxy) is 1. The molecule has 2 aromatic rings. The number of phenols is 1. The fourth-order valence-electron chi connectivity index (χ4n) is 5.14. The van der Waals surface area contributed by atoms with Crippen LogP contribution < -0.4 is 16.1 Å². The van der Waals surface area contributed by atoms with Gasteiger partial charge < -0.3 is 9.84 Å². The van der Waals surface area contributed by atoms with E-state index in [-0.39, 0.29) is 36.0 Å². The van der Waals surface area contributed by atoms with Crippen molar-refractivity contribution >= 4 is 11.6 Å². The molecule has 0 unspecified atom stereocenters. The third-order valence-corrected chi connectivity index (χ3v) is 6.66. The first-order valence-corrected chi connectivity index (χ1v) is 10.8. The zero-order valence-electron chi connectivity index (χ0n) is 18.5. The Bertz CT molecular complexity index is 1450. The topological polar surface area (TPSA) is 113 Å². The quantitative estimate of drug-likeness (QED) is 0.562. The Labute approximate surface area is 188 Å². The molecule has 0 spiro atoms. The lowest BCUT2D eigenvalue weighted by Crippen LogP contribution is -2.40. The Morgan fingerprint density at radius 2 is 1.91 bits per heavy atom. The number of carbonyl (C=O) groups excluding carboxylic acids is 2. The highest BCUT2D eigenvalue weighted by Crippen LogP contribution is 2.52. The monoisotopic (exact) mass is 449 g/mol. The van der Waals surface area contributed by atoms with Crippen LogP contribution >= 0.6 is 0 Å². The van der Waals surface area contributed by atoms with Gasteiger partial charge in [-0.05, 0) is 31.6 Å². The van der Waals surface area contributed by atoms with Crippen LogP contribution in [-0.2, 0) is 23.2 Å². The van der Waals surface area contributed by atoms with Crippen molar-refractivity contribution in [3.63, 3.8) is 0 Å². The van der Waals surface area contributed by atoms with Gasteiger partial charge in [0.05, 0.1) is 19.2 Å². The van der Waals surface area contributed by atoms with Crippen LogP contribution in [0.2, 0.25) is 0 Å². The first-order valence-electron chi connectivity index (χ1n) is 10.8. The summed E-state index contributed by atoms with van der Waals surface area (Å²) in [6, 6.07) is 4.40. The smallest absolute Gasteiger partial charge is 0.347 e. The van der Waals surface area contributed by atoms with E-state index in [0.717, 1.165) is 4.57 Å². The number of Topliss-reactive ketones (excluding diaryl/α,β-unsaturated/α-hetero) is 1. The Morgan fingerprint density at radius 3 is 2.64 bits per heavy atom. The third-order valence-electron chi connectivity index (χ3n) is 6.66. The van der Waals surface area contributed by atoms with E-state index in [2.05, 4.69) is 0 Å². The number of phenolic OH excluding ortho intramolecular Hbond substituents is 1. The first-order chi connectivity index (χ1) is 15.8. The van der Waals surface area contributed by atoms with Gasteiger partial charge >= 0.3 is 11.4 Å². The summed E-state index contributed by atoms with van der Waals surface area (Å²) >= 11 is 0. The maximum Gasteiger partial charge on any atom is 0.347 e. The number of nitrogens with zero attached hydrogens (tertiary/aromatic N) is 3. The number of allylic oxidation sites excluding steroid dienone is 6. The lowest BCUT2D eigenvalue weighted by Gasteiger charge is -2.39. The van der Waals surface area contributed by atoms with Crippen molar-refractivity contribution in [2.45, 2.75) is 38.8 Å². The molecule has 0 saturated carbocycles. The van der Waals surface area contributed by atoms with Crippen molar-refractivity contribution in [3.8, 4) is 11.5 Å². The molecule has 5 rings (SSSR count). The summed E-state index contributed by atoms with van der Waals surface area (Å²) < 4.78 is 9.28. The summed E-state index contributed by atoms with van der Waals surface area (Å²) in [6.07, 6.45) is 3.24. The molecular weight excluding hydrogens is 426 g/mol. The highest BCUT2D eigenvalue weighted by Gasteiger charge is 2.45. The number of ketones is 2. The number of para-hydroxylation sites is 1. The second kappa shape index (κ2) is 7.33. The molecule has 33 heavy (non-hydrogen) atoms. The van der Waals surface area contributed by atoms with Gasteiger partial charge in [-0.3, -0.25) is 9.59 Å². The zero-order chi connectivity index (χ0) is 23.6. The number of hydrogen-bond acceptors (Lipinski definition) is 6. The molecule has 0 saturated heterocycles. The van der Waals surface area contributed by atoms with Crippen LogP contribution in [0.4, 0.5) is 0 Å². The van der Waals surface area contributed by atoms with Gasteiger partial charge in [-0.15, -0.1) is 0 Å². The number of rotatable bonds is 3. The second-order valence-corrected chi connectivity index (χ2v) is 8.45. The molecule has 9 heteroatoms. The molecule has 1 aromatic heterocycles. The molecule has 0 bridgehead atoms. The Morgan fingerprint density at radius 1 is 1.15 bits per heavy atom. The molecule has 0 amide bonds. The number of carbonyl (C=O) groups is 2. The molecular formula is C24H23N3O6. The molecule has 170 valence electrons. The standard InChI is InChI=1S/C24H23N3O6/c1-4-33-18-7-5-6-14(22(18)30)19-13-8-9-26-23(31)25(3)24(32)27(26)16(13)11-15-17(28)10-12(2)21(29)20(15)19/h5-8,10,16,19,30H,4,9,11H2,1-3H3/t16-,19-/m1/s1. The van der Waals surface area contributed by atoms with E-state index in [0.29, 0.717) is 34.5 Å². The number of benzene rings is 1. The number of hydrogen-bond donors (Lipinski definition) is 1. The average molecular weight is 449 g/mol. The molecule has 0 radical (unpaired) electrons. The summed E-state index contributed by atoms with van der Waals surface area (Å²) in [5, 5.41) is 11.1. The summed E-state index contributed by atoms with van der Waals surface area (Å²) in [7, 11) is 1.41. The SMILES string of the molecule is CCOc1cccc([C@H]2C3=CCn4c(=O)n(C)c(=O)n4[C@@H]3CC3=C2C(=O)C(C)=CC3=O)c1O. The third kappa shape index (κ3) is 2.84. The second-order valence-electron chi connectivity index (χ2n) is 8.45. The maximum atomic E-state index is 13.3. The van der Waals surface area contributed by atoms with Crippen molar-refractivity contribution in [2.24, 2.45) is 7.05 Å². The Kier molecular flexibility index (Phi) is 4.66. The predicted octanol–water partition coefficient (Wildman–Crippen LogP) is 1.52. The number of aromatic nitrogens is 3. The van der Waals surface area contributed by atoms with Crippen molar-refractivity contribution in [3.05, 3.63) is 79.2 Å². The van der Waals surface area contributed by atoms with Gasteiger partial charge in [0.25, 0.3) is 0 Å². The van der Waals surface area contributed by atoms with Gasteiger partial charge in [-0.2, -0.15) is 0 Å². The van der Waals surface area contributed by atoms with Crippen LogP contribution in [0.25, 0.3) is 0 Å². The summed E-state index contributed by atoms with van der Waals surface area (Å²) in [6.45, 7) is 3.87. The van der Waals surface area contributed by atoms with Gasteiger partial charge in [0.1, 0.15) is 0 Å². The van der Waals surface area contributed by atoms with Gasteiger partial charge in [0, 0.05) is 41.7 Å². The van der Waals surface area contributed by atoms with Crippen molar-refractivity contribution in [2.75, 3.05) is 6.61 Å². The van der Waals surface area contributed by atoms with E-state index in [1.54, 1.807) is 32.0 Å². The van der Waals surface area contributed by atoms with E-state index in [1.807, 2.05) is 6.08 Å². The normalized spacial score (nSPS) is 21.8. The molecule has 2 aliphatic carbocycles. The summed E-state index contributed by atoms with van der Waals surface area (Å²) in [4.78, 5) is 51.8. The van der Waals surface area contributed by atoms with E-state index in [4.69, 9.17) is 4.74 Å². The fraction of sp³-hybridized carbons (Fsp3) is 0.333. The summed E-state index contributed by atoms with van der Waals surface area (Å²) in [5.74, 6) is -1.16. The van der Waals surface area contributed by atoms with Gasteiger partial charge in [-0.25, -0.2) is 23.5 Å². The Balaban J connectivity index is 1.79. The minimum absolute atomic E-state index is 0.112. The van der Waals surface area contributed by atoms with Crippen molar-refractivity contribution < 1.29 is 19.4 Å². The van der Waals surface area contributed by atoms with Crippen molar-refractivity contribution in [1.82, 2.24) is 13.9 Å². The van der Waals surface area contributed by atoms with E-state index < -0.39 is 23.3 Å². The molecule has 0 fully saturated rings. The average Bonchev–Trinajstić information content (AvgIpc) is 3.02. The van der Waals surface area contributed by atoms with Gasteiger partial charge in [0.2, 0.25) is 0 Å². The highest BCUT2D eigenvalue weighted by molar-refractivity contribution is 6.23. The van der Waals surface area contributed by atoms with Crippen LogP contribution in [0.3, 0.4) is 0 Å². The zero-order valence-corrected chi connectivity index (χ0v) is 18.5.